The fourth-order valence-electron chi connectivity index (χ4n) is 7.58. The van der Waals surface area contributed by atoms with Gasteiger partial charge in [-0.25, -0.2) is 9.18 Å². The van der Waals surface area contributed by atoms with Gasteiger partial charge in [0.25, 0.3) is 0 Å². The molecule has 5 atom stereocenters. The zero-order valence-corrected chi connectivity index (χ0v) is 27.8. The van der Waals surface area contributed by atoms with Crippen LogP contribution in [0.4, 0.5) is 10.1 Å². The summed E-state index contributed by atoms with van der Waals surface area (Å²) in [6.45, 7) is 0.763. The highest BCUT2D eigenvalue weighted by molar-refractivity contribution is 7.12. The second-order valence-electron chi connectivity index (χ2n) is 12.9. The van der Waals surface area contributed by atoms with Crippen LogP contribution in [0.15, 0.2) is 71.4 Å². The van der Waals surface area contributed by atoms with Crippen LogP contribution in [-0.2, 0) is 37.8 Å². The number of morpholine rings is 1. The third kappa shape index (κ3) is 5.83. The SMILES string of the molecule is C[N+]1(Cc2cccc(CNC[C@H](O)c3ccc(O)c(NC=O)c3)c2F)C2CC(OC(=O)C(O)(c3cccs3)c3cccs3)CC1C1OC12. The number of fused-ring (bicyclic) bond motifs is 5. The van der Waals surface area contributed by atoms with Crippen LogP contribution in [0, 0.1) is 5.82 Å². The normalized spacial score (nSPS) is 26.5. The number of phenolic OH excluding ortho intramolecular Hbond substituents is 1. The number of ether oxygens (including phenoxy) is 2. The zero-order chi connectivity index (χ0) is 33.6. The van der Waals surface area contributed by atoms with E-state index < -0.39 is 23.8 Å². The minimum atomic E-state index is -1.87. The van der Waals surface area contributed by atoms with Gasteiger partial charge in [-0.15, -0.1) is 22.7 Å². The van der Waals surface area contributed by atoms with Crippen molar-refractivity contribution in [2.75, 3.05) is 18.9 Å². The van der Waals surface area contributed by atoms with E-state index in [0.29, 0.717) is 56.7 Å². The summed E-state index contributed by atoms with van der Waals surface area (Å²) >= 11 is 2.62. The van der Waals surface area contributed by atoms with E-state index in [-0.39, 0.29) is 54.6 Å². The standard InChI is InChI=1S/C35H36FN3O7S2/c1-39(18-22-6-2-5-21(31(22)36)16-37-17-28(42)20-9-10-27(41)24(13-20)38-19-40)25-14-23(15-26(39)33-32(25)46-33)45-34(43)35(44,29-7-3-11-47-29)30-8-4-12-48-30/h2-13,19,23,25-26,28,32-33,37,42,44H,14-18H2,1H3,(H-,38,40,41)/p+1/t23?,25?,26?,28-,32?,33?,39?/m0/s1. The molecule has 3 aliphatic rings. The van der Waals surface area contributed by atoms with Crippen molar-refractivity contribution >= 4 is 40.7 Å². The smallest absolute Gasteiger partial charge is 0.349 e. The summed E-state index contributed by atoms with van der Waals surface area (Å²) in [5.41, 5.74) is -0.139. The number of hydrogen-bond donors (Lipinski definition) is 5. The molecule has 3 fully saturated rings. The van der Waals surface area contributed by atoms with Crippen LogP contribution in [0.2, 0.25) is 0 Å². The Hall–Kier alpha value is -3.69. The van der Waals surface area contributed by atoms with Crippen molar-refractivity contribution in [3.05, 3.63) is 104 Å². The first-order valence-corrected chi connectivity index (χ1v) is 17.6. The molecule has 13 heteroatoms. The molecule has 2 aromatic heterocycles. The van der Waals surface area contributed by atoms with Crippen LogP contribution in [-0.4, -0.2) is 76.2 Å². The van der Waals surface area contributed by atoms with Gasteiger partial charge < -0.3 is 39.9 Å². The Morgan fingerprint density at radius 2 is 1.75 bits per heavy atom. The molecule has 0 spiro atoms. The van der Waals surface area contributed by atoms with Crippen molar-refractivity contribution < 1.29 is 43.3 Å². The fourth-order valence-corrected chi connectivity index (χ4v) is 9.29. The summed E-state index contributed by atoms with van der Waals surface area (Å²) in [4.78, 5) is 25.5. The average Bonchev–Trinajstić information content (AvgIpc) is 3.37. The van der Waals surface area contributed by atoms with Crippen molar-refractivity contribution in [2.45, 2.75) is 68.0 Å². The van der Waals surface area contributed by atoms with Crippen molar-refractivity contribution in [2.24, 2.45) is 0 Å². The minimum Gasteiger partial charge on any atom is -0.506 e. The lowest BCUT2D eigenvalue weighted by atomic mass is 9.93. The number of rotatable bonds is 13. The number of anilines is 1. The maximum Gasteiger partial charge on any atom is 0.349 e. The van der Waals surface area contributed by atoms with E-state index in [0.717, 1.165) is 0 Å². The maximum absolute atomic E-state index is 16.0. The van der Waals surface area contributed by atoms with Gasteiger partial charge in [0.1, 0.15) is 48.5 Å². The molecule has 7 rings (SSSR count). The molecule has 0 aliphatic carbocycles. The molecular weight excluding hydrogens is 658 g/mol. The summed E-state index contributed by atoms with van der Waals surface area (Å²) in [6.07, 6.45) is 0.243. The Morgan fingerprint density at radius 1 is 1.08 bits per heavy atom. The number of aromatic hydroxyl groups is 1. The van der Waals surface area contributed by atoms with Crippen LogP contribution >= 0.6 is 22.7 Å². The number of carbonyl (C=O) groups excluding carboxylic acids is 2. The molecule has 3 aliphatic heterocycles. The minimum absolute atomic E-state index is 0.00310. The first kappa shape index (κ1) is 32.8. The van der Waals surface area contributed by atoms with Gasteiger partial charge >= 0.3 is 5.97 Å². The lowest BCUT2D eigenvalue weighted by molar-refractivity contribution is -0.968. The van der Waals surface area contributed by atoms with E-state index >= 15 is 4.39 Å². The second-order valence-corrected chi connectivity index (χ2v) is 14.8. The van der Waals surface area contributed by atoms with Crippen molar-refractivity contribution in [1.29, 1.82) is 0 Å². The molecule has 2 bridgehead atoms. The number of hydrogen-bond acceptors (Lipinski definition) is 10. The number of likely N-dealkylation sites (N-methyl/N-ethyl adjacent to an activating group) is 1. The number of esters is 1. The van der Waals surface area contributed by atoms with Gasteiger partial charge in [0, 0.05) is 37.1 Å². The average molecular weight is 695 g/mol. The van der Waals surface area contributed by atoms with Gasteiger partial charge in [0.05, 0.1) is 28.6 Å². The third-order valence-electron chi connectivity index (χ3n) is 10.1. The Kier molecular flexibility index (Phi) is 8.87. The van der Waals surface area contributed by atoms with Gasteiger partial charge in [0.2, 0.25) is 12.0 Å². The molecule has 4 aromatic rings. The van der Waals surface area contributed by atoms with Crippen LogP contribution in [0.5, 0.6) is 5.75 Å². The summed E-state index contributed by atoms with van der Waals surface area (Å²) < 4.78 is 28.6. The predicted molar refractivity (Wildman–Crippen MR) is 178 cm³/mol. The third-order valence-corrected chi connectivity index (χ3v) is 12.1. The number of phenols is 1. The van der Waals surface area contributed by atoms with Crippen molar-refractivity contribution in [3.63, 3.8) is 0 Å². The number of aliphatic hydroxyl groups is 2. The predicted octanol–water partition coefficient (Wildman–Crippen LogP) is 4.15. The quantitative estimate of drug-likeness (QED) is 0.0463. The fraction of sp³-hybridized carbons (Fsp3) is 0.371. The first-order chi connectivity index (χ1) is 23.1. The summed E-state index contributed by atoms with van der Waals surface area (Å²) in [7, 11) is 2.13. The van der Waals surface area contributed by atoms with Gasteiger partial charge in [-0.1, -0.05) is 36.4 Å². The van der Waals surface area contributed by atoms with Gasteiger partial charge in [-0.2, -0.15) is 0 Å². The highest BCUT2D eigenvalue weighted by Crippen LogP contribution is 2.54. The number of carbonyl (C=O) groups is 2. The van der Waals surface area contributed by atoms with Crippen LogP contribution in [0.3, 0.4) is 0 Å². The molecule has 2 aromatic carbocycles. The molecule has 3 saturated heterocycles. The van der Waals surface area contributed by atoms with E-state index in [1.165, 1.54) is 34.8 Å². The second kappa shape index (κ2) is 13.0. The van der Waals surface area contributed by atoms with E-state index in [4.69, 9.17) is 9.47 Å². The Morgan fingerprint density at radius 3 is 2.38 bits per heavy atom. The number of piperidine rings is 1. The topological polar surface area (TPSA) is 141 Å². The lowest BCUT2D eigenvalue weighted by Gasteiger charge is -2.48. The molecule has 252 valence electrons. The van der Waals surface area contributed by atoms with E-state index in [9.17, 15) is 24.9 Å². The molecule has 4 unspecified atom stereocenters. The number of thiophene rings is 2. The largest absolute Gasteiger partial charge is 0.506 e. The molecule has 1 amide bonds. The number of quaternary nitrogens is 1. The van der Waals surface area contributed by atoms with Crippen LogP contribution in [0.25, 0.3) is 0 Å². The molecule has 5 heterocycles. The van der Waals surface area contributed by atoms with Crippen LogP contribution < -0.4 is 10.6 Å². The number of halogens is 1. The number of nitrogens with zero attached hydrogens (tertiary/aromatic N) is 1. The zero-order valence-electron chi connectivity index (χ0n) is 26.1. The number of epoxide rings is 1. The lowest BCUT2D eigenvalue weighted by Crippen LogP contribution is -2.62. The number of nitrogens with one attached hydrogen (secondary N) is 2. The molecule has 5 N–H and O–H groups in total. The highest BCUT2D eigenvalue weighted by Gasteiger charge is 2.72. The maximum atomic E-state index is 16.0. The van der Waals surface area contributed by atoms with Gasteiger partial charge in [0.15, 0.2) is 0 Å². The van der Waals surface area contributed by atoms with E-state index in [1.54, 1.807) is 42.5 Å². The Bertz CT molecular complexity index is 1730. The molecule has 48 heavy (non-hydrogen) atoms. The summed E-state index contributed by atoms with van der Waals surface area (Å²) in [5, 5.41) is 41.4. The monoisotopic (exact) mass is 694 g/mol. The van der Waals surface area contributed by atoms with Crippen molar-refractivity contribution in [3.8, 4) is 5.75 Å². The van der Waals surface area contributed by atoms with Gasteiger partial charge in [-0.05, 0) is 40.6 Å². The number of benzene rings is 2. The molecular formula is C35H37FN3O7S2+. The summed E-state index contributed by atoms with van der Waals surface area (Å²) in [5.74, 6) is -1.10. The van der Waals surface area contributed by atoms with Crippen molar-refractivity contribution in [1.82, 2.24) is 5.32 Å². The first-order valence-electron chi connectivity index (χ1n) is 15.8. The van der Waals surface area contributed by atoms with Gasteiger partial charge in [-0.3, -0.25) is 4.79 Å². The Balaban J connectivity index is 1.01. The number of aliphatic hydroxyl groups excluding tert-OH is 1. The molecule has 10 nitrogen and oxygen atoms in total. The van der Waals surface area contributed by atoms with E-state index in [2.05, 4.69) is 17.7 Å². The number of amides is 1. The Labute approximate surface area is 285 Å². The molecule has 0 radical (unpaired) electrons. The molecule has 0 saturated carbocycles. The van der Waals surface area contributed by atoms with Crippen LogP contribution in [0.1, 0.15) is 45.4 Å². The highest BCUT2D eigenvalue weighted by atomic mass is 32.1. The summed E-state index contributed by atoms with van der Waals surface area (Å²) in [6, 6.07) is 16.9. The van der Waals surface area contributed by atoms with E-state index in [1.807, 2.05) is 16.8 Å².